The van der Waals surface area contributed by atoms with Gasteiger partial charge >= 0.3 is 0 Å². The Kier molecular flexibility index (Phi) is 2.40. The molecule has 2 aromatic rings. The number of hydrogen-bond acceptors (Lipinski definition) is 2. The number of fused-ring (bicyclic) bond motifs is 1. The molecule has 0 aliphatic heterocycles. The quantitative estimate of drug-likeness (QED) is 0.787. The molecule has 0 radical (unpaired) electrons. The van der Waals surface area contributed by atoms with Crippen molar-refractivity contribution in [1.82, 2.24) is 9.38 Å². The molecule has 0 atom stereocenters. The molecule has 0 amide bonds. The zero-order valence-corrected chi connectivity index (χ0v) is 9.01. The van der Waals surface area contributed by atoms with Crippen molar-refractivity contribution in [2.75, 3.05) is 0 Å². The highest BCUT2D eigenvalue weighted by Crippen LogP contribution is 2.15. The molecule has 0 saturated carbocycles. The first-order chi connectivity index (χ1) is 7.09. The summed E-state index contributed by atoms with van der Waals surface area (Å²) in [6.45, 7) is 1.82. The third-order valence-electron chi connectivity index (χ3n) is 2.24. The van der Waals surface area contributed by atoms with Crippen LogP contribution in [0.25, 0.3) is 5.65 Å². The Bertz CT molecular complexity index is 533. The first-order valence-corrected chi connectivity index (χ1v) is 4.91. The van der Waals surface area contributed by atoms with Crippen molar-refractivity contribution in [2.45, 2.75) is 13.3 Å². The van der Waals surface area contributed by atoms with Gasteiger partial charge in [-0.05, 0) is 19.1 Å². The van der Waals surface area contributed by atoms with Gasteiger partial charge in [0.2, 0.25) is 0 Å². The first kappa shape index (κ1) is 10.0. The Morgan fingerprint density at radius 2 is 2.40 bits per heavy atom. The van der Waals surface area contributed by atoms with Gasteiger partial charge in [0, 0.05) is 12.6 Å². The van der Waals surface area contributed by atoms with Crippen LogP contribution in [0.2, 0.25) is 0 Å². The van der Waals surface area contributed by atoms with Crippen molar-refractivity contribution in [3.05, 3.63) is 35.5 Å². The van der Waals surface area contributed by atoms with Crippen LogP contribution in [0.1, 0.15) is 11.4 Å². The predicted molar refractivity (Wildman–Crippen MR) is 60.4 cm³/mol. The molecule has 0 aromatic carbocycles. The van der Waals surface area contributed by atoms with E-state index in [4.69, 9.17) is 18.0 Å². The molecule has 0 fully saturated rings. The van der Waals surface area contributed by atoms with Crippen LogP contribution in [0.3, 0.4) is 0 Å². The third-order valence-corrected chi connectivity index (χ3v) is 2.39. The number of thiocarbonyl (C=S) groups is 1. The van der Waals surface area contributed by atoms with Crippen LogP contribution in [-0.2, 0) is 6.42 Å². The third kappa shape index (κ3) is 1.70. The van der Waals surface area contributed by atoms with Crippen LogP contribution in [-0.4, -0.2) is 14.4 Å². The Morgan fingerprint density at radius 3 is 3.07 bits per heavy atom. The molecule has 5 heteroatoms. The van der Waals surface area contributed by atoms with E-state index < -0.39 is 0 Å². The van der Waals surface area contributed by atoms with Crippen LogP contribution in [0.4, 0.5) is 4.39 Å². The van der Waals surface area contributed by atoms with Crippen molar-refractivity contribution in [2.24, 2.45) is 5.73 Å². The molecule has 0 unspecified atom stereocenters. The summed E-state index contributed by atoms with van der Waals surface area (Å²) >= 11 is 4.84. The molecule has 2 rings (SSSR count). The highest BCUT2D eigenvalue weighted by atomic mass is 32.1. The molecule has 0 aliphatic carbocycles. The van der Waals surface area contributed by atoms with E-state index in [-0.39, 0.29) is 5.82 Å². The predicted octanol–water partition coefficient (Wildman–Crippen LogP) is 1.61. The van der Waals surface area contributed by atoms with Crippen molar-refractivity contribution in [3.8, 4) is 0 Å². The lowest BCUT2D eigenvalue weighted by Crippen LogP contribution is -2.13. The van der Waals surface area contributed by atoms with Crippen molar-refractivity contribution < 1.29 is 4.39 Å². The van der Waals surface area contributed by atoms with Gasteiger partial charge in [0.05, 0.1) is 16.4 Å². The number of imidazole rings is 1. The molecule has 2 N–H and O–H groups in total. The van der Waals surface area contributed by atoms with Crippen LogP contribution >= 0.6 is 12.2 Å². The maximum atomic E-state index is 13.4. The summed E-state index contributed by atoms with van der Waals surface area (Å²) in [6.07, 6.45) is 2.19. The Morgan fingerprint density at radius 1 is 1.67 bits per heavy atom. The summed E-state index contributed by atoms with van der Waals surface area (Å²) < 4.78 is 15.1. The van der Waals surface area contributed by atoms with Gasteiger partial charge in [-0.1, -0.05) is 12.2 Å². The molecule has 0 saturated heterocycles. The fourth-order valence-electron chi connectivity index (χ4n) is 1.57. The minimum absolute atomic E-state index is 0.321. The summed E-state index contributed by atoms with van der Waals surface area (Å²) in [7, 11) is 0. The summed E-state index contributed by atoms with van der Waals surface area (Å²) in [6, 6.07) is 3.01. The van der Waals surface area contributed by atoms with Gasteiger partial charge < -0.3 is 10.1 Å². The van der Waals surface area contributed by atoms with Gasteiger partial charge in [0.1, 0.15) is 0 Å². The number of rotatable bonds is 2. The summed E-state index contributed by atoms with van der Waals surface area (Å²) in [5, 5.41) is 0. The summed E-state index contributed by atoms with van der Waals surface area (Å²) in [4.78, 5) is 4.52. The Labute approximate surface area is 91.7 Å². The van der Waals surface area contributed by atoms with E-state index in [2.05, 4.69) is 4.98 Å². The van der Waals surface area contributed by atoms with E-state index in [0.29, 0.717) is 17.1 Å². The molecule has 3 nitrogen and oxygen atoms in total. The molecule has 2 aromatic heterocycles. The maximum absolute atomic E-state index is 13.4. The normalized spacial score (nSPS) is 10.8. The fourth-order valence-corrected chi connectivity index (χ4v) is 1.71. The smallest absolute Gasteiger partial charge is 0.173 e. The Balaban J connectivity index is 2.68. The molecular weight excluding hydrogens is 213 g/mol. The number of hydrogen-bond donors (Lipinski definition) is 1. The number of pyridine rings is 1. The van der Waals surface area contributed by atoms with Gasteiger partial charge in [-0.2, -0.15) is 0 Å². The lowest BCUT2D eigenvalue weighted by Gasteiger charge is -2.01. The SMILES string of the molecule is Cc1nc2c(F)cccn2c1CC(N)=S. The van der Waals surface area contributed by atoms with E-state index in [1.54, 1.807) is 16.7 Å². The van der Waals surface area contributed by atoms with Crippen molar-refractivity contribution in [3.63, 3.8) is 0 Å². The van der Waals surface area contributed by atoms with Crippen LogP contribution in [0, 0.1) is 12.7 Å². The molecule has 15 heavy (non-hydrogen) atoms. The number of halogens is 1. The first-order valence-electron chi connectivity index (χ1n) is 4.50. The average molecular weight is 223 g/mol. The summed E-state index contributed by atoms with van der Waals surface area (Å²) in [5.74, 6) is -0.338. The largest absolute Gasteiger partial charge is 0.393 e. The molecule has 0 spiro atoms. The lowest BCUT2D eigenvalue weighted by molar-refractivity contribution is 0.629. The maximum Gasteiger partial charge on any atom is 0.173 e. The summed E-state index contributed by atoms with van der Waals surface area (Å²) in [5.41, 5.74) is 7.40. The lowest BCUT2D eigenvalue weighted by atomic mass is 10.2. The van der Waals surface area contributed by atoms with Crippen molar-refractivity contribution in [1.29, 1.82) is 0 Å². The molecular formula is C10H10FN3S. The molecule has 2 heterocycles. The van der Waals surface area contributed by atoms with E-state index >= 15 is 0 Å². The van der Waals surface area contributed by atoms with Crippen LogP contribution in [0.15, 0.2) is 18.3 Å². The van der Waals surface area contributed by atoms with E-state index in [0.717, 1.165) is 11.4 Å². The number of aromatic nitrogens is 2. The molecule has 0 bridgehead atoms. The second kappa shape index (κ2) is 3.58. The topological polar surface area (TPSA) is 43.3 Å². The van der Waals surface area contributed by atoms with Gasteiger partial charge in [-0.3, -0.25) is 0 Å². The van der Waals surface area contributed by atoms with Gasteiger partial charge in [-0.25, -0.2) is 9.37 Å². The Hall–Kier alpha value is -1.49. The van der Waals surface area contributed by atoms with Gasteiger partial charge in [0.15, 0.2) is 11.5 Å². The van der Waals surface area contributed by atoms with E-state index in [1.807, 2.05) is 6.92 Å². The average Bonchev–Trinajstić information content (AvgIpc) is 2.45. The number of nitrogens with zero attached hydrogens (tertiary/aromatic N) is 2. The molecule has 0 aliphatic rings. The van der Waals surface area contributed by atoms with E-state index in [1.165, 1.54) is 6.07 Å². The number of nitrogens with two attached hydrogens (primary N) is 1. The highest BCUT2D eigenvalue weighted by molar-refractivity contribution is 7.80. The van der Waals surface area contributed by atoms with Crippen molar-refractivity contribution >= 4 is 22.9 Å². The molecule has 78 valence electrons. The standard InChI is InChI=1S/C10H10FN3S/c1-6-8(5-9(12)15)14-4-2-3-7(11)10(14)13-6/h2-4H,5H2,1H3,(H2,12,15). The minimum atomic E-state index is -0.338. The van der Waals surface area contributed by atoms with Crippen LogP contribution < -0.4 is 5.73 Å². The van der Waals surface area contributed by atoms with Gasteiger partial charge in [-0.15, -0.1) is 0 Å². The highest BCUT2D eigenvalue weighted by Gasteiger charge is 2.11. The van der Waals surface area contributed by atoms with Crippen LogP contribution in [0.5, 0.6) is 0 Å². The number of aryl methyl sites for hydroxylation is 1. The zero-order chi connectivity index (χ0) is 11.0. The monoisotopic (exact) mass is 223 g/mol. The van der Waals surface area contributed by atoms with Gasteiger partial charge in [0.25, 0.3) is 0 Å². The second-order valence-electron chi connectivity index (χ2n) is 3.34. The zero-order valence-electron chi connectivity index (χ0n) is 8.20. The van der Waals surface area contributed by atoms with E-state index in [9.17, 15) is 4.39 Å². The second-order valence-corrected chi connectivity index (χ2v) is 3.86. The minimum Gasteiger partial charge on any atom is -0.393 e. The fraction of sp³-hybridized carbons (Fsp3) is 0.200.